The van der Waals surface area contributed by atoms with Crippen molar-refractivity contribution in [1.82, 2.24) is 15.2 Å². The third-order valence-electron chi connectivity index (χ3n) is 5.68. The molecule has 2 N–H and O–H groups in total. The molecule has 168 valence electrons. The Kier molecular flexibility index (Phi) is 6.69. The zero-order valence-corrected chi connectivity index (χ0v) is 19.0. The Morgan fingerprint density at radius 2 is 1.88 bits per heavy atom. The minimum absolute atomic E-state index is 0.0222. The highest BCUT2D eigenvalue weighted by Crippen LogP contribution is 2.29. The number of amides is 3. The molecule has 3 amide bonds. The number of nitrogens with one attached hydrogen (secondary N) is 2. The maximum Gasteiger partial charge on any atom is 0.321 e. The molecule has 0 radical (unpaired) electrons. The van der Waals surface area contributed by atoms with Gasteiger partial charge in [-0.2, -0.15) is 0 Å². The second kappa shape index (κ2) is 9.65. The highest BCUT2D eigenvalue weighted by atomic mass is 32.1. The lowest BCUT2D eigenvalue weighted by atomic mass is 9.96. The molecular weight excluding hydrogens is 427 g/mol. The topological polar surface area (TPSA) is 74.3 Å². The van der Waals surface area contributed by atoms with E-state index in [4.69, 9.17) is 0 Å². The van der Waals surface area contributed by atoms with Gasteiger partial charge in [-0.25, -0.2) is 14.2 Å². The van der Waals surface area contributed by atoms with Gasteiger partial charge >= 0.3 is 6.03 Å². The van der Waals surface area contributed by atoms with Crippen LogP contribution in [-0.2, 0) is 11.3 Å². The Bertz CT molecular complexity index is 1100. The molecule has 0 atom stereocenters. The lowest BCUT2D eigenvalue weighted by molar-refractivity contribution is -0.126. The molecule has 0 saturated carbocycles. The van der Waals surface area contributed by atoms with Crippen molar-refractivity contribution < 1.29 is 14.0 Å². The van der Waals surface area contributed by atoms with Crippen molar-refractivity contribution >= 4 is 39.2 Å². The summed E-state index contributed by atoms with van der Waals surface area (Å²) in [5.74, 6) is -0.0638. The SMILES string of the molecule is CC(C)c1nc2ccc(NC(=O)N3CCC(C(=O)NCc4ccc(F)cc4)CC3)cc2s1. The van der Waals surface area contributed by atoms with E-state index >= 15 is 0 Å². The first kappa shape index (κ1) is 22.2. The monoisotopic (exact) mass is 454 g/mol. The zero-order chi connectivity index (χ0) is 22.7. The number of likely N-dealkylation sites (tertiary alicyclic amines) is 1. The van der Waals surface area contributed by atoms with Crippen molar-refractivity contribution in [2.45, 2.75) is 39.2 Å². The molecule has 0 spiro atoms. The zero-order valence-electron chi connectivity index (χ0n) is 18.2. The van der Waals surface area contributed by atoms with E-state index in [9.17, 15) is 14.0 Å². The van der Waals surface area contributed by atoms with Crippen LogP contribution in [0.25, 0.3) is 10.2 Å². The van der Waals surface area contributed by atoms with Gasteiger partial charge in [-0.05, 0) is 48.7 Å². The number of thiazole rings is 1. The molecule has 2 heterocycles. The van der Waals surface area contributed by atoms with Crippen LogP contribution in [0.3, 0.4) is 0 Å². The van der Waals surface area contributed by atoms with Gasteiger partial charge in [0.15, 0.2) is 0 Å². The third kappa shape index (κ3) is 5.24. The predicted molar refractivity (Wildman–Crippen MR) is 125 cm³/mol. The number of carbonyl (C=O) groups is 2. The van der Waals surface area contributed by atoms with Crippen LogP contribution < -0.4 is 10.6 Å². The molecule has 1 aliphatic rings. The van der Waals surface area contributed by atoms with Crippen molar-refractivity contribution in [3.8, 4) is 0 Å². The summed E-state index contributed by atoms with van der Waals surface area (Å²) in [6.45, 7) is 5.67. The van der Waals surface area contributed by atoms with Crippen molar-refractivity contribution in [1.29, 1.82) is 0 Å². The van der Waals surface area contributed by atoms with E-state index in [-0.39, 0.29) is 23.7 Å². The van der Waals surface area contributed by atoms with Crippen LogP contribution in [0.2, 0.25) is 0 Å². The smallest absolute Gasteiger partial charge is 0.321 e. The lowest BCUT2D eigenvalue weighted by Gasteiger charge is -2.31. The quantitative estimate of drug-likeness (QED) is 0.562. The Balaban J connectivity index is 1.27. The number of nitrogens with zero attached hydrogens (tertiary/aromatic N) is 2. The molecule has 32 heavy (non-hydrogen) atoms. The van der Waals surface area contributed by atoms with Gasteiger partial charge in [-0.1, -0.05) is 26.0 Å². The molecule has 1 aliphatic heterocycles. The second-order valence-corrected chi connectivity index (χ2v) is 9.49. The maximum atomic E-state index is 13.0. The molecular formula is C24H27FN4O2S. The molecule has 4 rings (SSSR count). The number of benzene rings is 2. The fraction of sp³-hybridized carbons (Fsp3) is 0.375. The van der Waals surface area contributed by atoms with Gasteiger partial charge in [-0.3, -0.25) is 4.79 Å². The summed E-state index contributed by atoms with van der Waals surface area (Å²) in [6, 6.07) is 11.7. The fourth-order valence-corrected chi connectivity index (χ4v) is 4.76. The number of anilines is 1. The number of rotatable bonds is 5. The van der Waals surface area contributed by atoms with Crippen LogP contribution >= 0.6 is 11.3 Å². The van der Waals surface area contributed by atoms with Gasteiger partial charge in [0.05, 0.1) is 15.2 Å². The van der Waals surface area contributed by atoms with Crippen LogP contribution in [0.4, 0.5) is 14.9 Å². The van der Waals surface area contributed by atoms with E-state index in [2.05, 4.69) is 29.5 Å². The average molecular weight is 455 g/mol. The van der Waals surface area contributed by atoms with E-state index in [1.54, 1.807) is 28.4 Å². The van der Waals surface area contributed by atoms with Gasteiger partial charge < -0.3 is 15.5 Å². The van der Waals surface area contributed by atoms with Crippen LogP contribution in [-0.4, -0.2) is 34.9 Å². The van der Waals surface area contributed by atoms with Crippen LogP contribution in [0.1, 0.15) is 43.2 Å². The van der Waals surface area contributed by atoms with E-state index < -0.39 is 0 Å². The minimum Gasteiger partial charge on any atom is -0.352 e. The largest absolute Gasteiger partial charge is 0.352 e. The first-order valence-corrected chi connectivity index (χ1v) is 11.7. The number of fused-ring (bicyclic) bond motifs is 1. The summed E-state index contributed by atoms with van der Waals surface area (Å²) in [4.78, 5) is 31.6. The summed E-state index contributed by atoms with van der Waals surface area (Å²) in [5.41, 5.74) is 2.56. The number of hydrogen-bond donors (Lipinski definition) is 2. The van der Waals surface area contributed by atoms with Crippen LogP contribution in [0.15, 0.2) is 42.5 Å². The Labute approximate surface area is 190 Å². The van der Waals surface area contributed by atoms with Crippen molar-refractivity contribution in [2.24, 2.45) is 5.92 Å². The molecule has 8 heteroatoms. The maximum absolute atomic E-state index is 13.0. The molecule has 1 aromatic heterocycles. The number of piperidine rings is 1. The van der Waals surface area contributed by atoms with E-state index in [1.807, 2.05) is 18.2 Å². The number of halogens is 1. The van der Waals surface area contributed by atoms with Gasteiger partial charge in [0.25, 0.3) is 0 Å². The lowest BCUT2D eigenvalue weighted by Crippen LogP contribution is -2.44. The van der Waals surface area contributed by atoms with E-state index in [0.717, 1.165) is 26.5 Å². The average Bonchev–Trinajstić information content (AvgIpc) is 3.22. The standard InChI is InChI=1S/C24H27FN4O2S/c1-15(2)23-28-20-8-7-19(13-21(20)32-23)27-24(31)29-11-9-17(10-12-29)22(30)26-14-16-3-5-18(25)6-4-16/h3-8,13,15,17H,9-12,14H2,1-2H3,(H,26,30)(H,27,31). The number of hydrogen-bond acceptors (Lipinski definition) is 4. The summed E-state index contributed by atoms with van der Waals surface area (Å²) in [5, 5.41) is 6.97. The summed E-state index contributed by atoms with van der Waals surface area (Å²) >= 11 is 1.65. The number of carbonyl (C=O) groups excluding carboxylic acids is 2. The highest BCUT2D eigenvalue weighted by Gasteiger charge is 2.27. The fourth-order valence-electron chi connectivity index (χ4n) is 3.75. The van der Waals surface area contributed by atoms with E-state index in [0.29, 0.717) is 38.4 Å². The summed E-state index contributed by atoms with van der Waals surface area (Å²) in [7, 11) is 0. The summed E-state index contributed by atoms with van der Waals surface area (Å²) < 4.78 is 14.0. The highest BCUT2D eigenvalue weighted by molar-refractivity contribution is 7.18. The second-order valence-electron chi connectivity index (χ2n) is 8.43. The molecule has 1 fully saturated rings. The van der Waals surface area contributed by atoms with Crippen LogP contribution in [0.5, 0.6) is 0 Å². The first-order valence-electron chi connectivity index (χ1n) is 10.9. The first-order chi connectivity index (χ1) is 15.4. The Morgan fingerprint density at radius 1 is 1.16 bits per heavy atom. The predicted octanol–water partition coefficient (Wildman–Crippen LogP) is 5.12. The number of aromatic nitrogens is 1. The van der Waals surface area contributed by atoms with Crippen molar-refractivity contribution in [3.05, 3.63) is 58.9 Å². The minimum atomic E-state index is -0.294. The number of urea groups is 1. The van der Waals surface area contributed by atoms with Crippen molar-refractivity contribution in [3.63, 3.8) is 0 Å². The molecule has 3 aromatic rings. The molecule has 0 aliphatic carbocycles. The van der Waals surface area contributed by atoms with Gasteiger partial charge in [0, 0.05) is 37.2 Å². The van der Waals surface area contributed by atoms with Gasteiger partial charge in [0.2, 0.25) is 5.91 Å². The molecule has 2 aromatic carbocycles. The van der Waals surface area contributed by atoms with Gasteiger partial charge in [-0.15, -0.1) is 11.3 Å². The van der Waals surface area contributed by atoms with Crippen LogP contribution in [0, 0.1) is 11.7 Å². The molecule has 1 saturated heterocycles. The van der Waals surface area contributed by atoms with E-state index in [1.165, 1.54) is 12.1 Å². The molecule has 6 nitrogen and oxygen atoms in total. The third-order valence-corrected chi connectivity index (χ3v) is 7.00. The Morgan fingerprint density at radius 3 is 2.56 bits per heavy atom. The van der Waals surface area contributed by atoms with Gasteiger partial charge in [0.1, 0.15) is 5.82 Å². The summed E-state index contributed by atoms with van der Waals surface area (Å²) in [6.07, 6.45) is 1.24. The van der Waals surface area contributed by atoms with Crippen molar-refractivity contribution in [2.75, 3.05) is 18.4 Å². The normalized spacial score (nSPS) is 14.7. The molecule has 0 bridgehead atoms. The Hall–Kier alpha value is -3.00. The molecule has 0 unspecified atom stereocenters.